The van der Waals surface area contributed by atoms with Crippen LogP contribution in [0.1, 0.15) is 20.3 Å². The molecule has 64 valence electrons. The molecule has 0 aromatic heterocycles. The van der Waals surface area contributed by atoms with Crippen LogP contribution in [-0.4, -0.2) is 17.5 Å². The quantitative estimate of drug-likeness (QED) is 0.600. The SMILES string of the molecule is CC1[C@H](C)CC12CSCC2N. The average molecular weight is 171 g/mol. The second-order valence-corrected chi connectivity index (χ2v) is 5.36. The van der Waals surface area contributed by atoms with E-state index in [2.05, 4.69) is 13.8 Å². The fraction of sp³-hybridized carbons (Fsp3) is 1.00. The molecule has 2 rings (SSSR count). The lowest BCUT2D eigenvalue weighted by Gasteiger charge is -2.53. The maximum absolute atomic E-state index is 6.11. The van der Waals surface area contributed by atoms with Crippen LogP contribution in [0.15, 0.2) is 0 Å². The second kappa shape index (κ2) is 2.40. The molecule has 2 aliphatic rings. The maximum Gasteiger partial charge on any atom is 0.0198 e. The summed E-state index contributed by atoms with van der Waals surface area (Å²) in [7, 11) is 0. The number of rotatable bonds is 0. The van der Waals surface area contributed by atoms with Gasteiger partial charge in [-0.25, -0.2) is 0 Å². The van der Waals surface area contributed by atoms with E-state index < -0.39 is 0 Å². The molecule has 0 radical (unpaired) electrons. The minimum absolute atomic E-state index is 0.485. The van der Waals surface area contributed by atoms with Crippen LogP contribution in [0.2, 0.25) is 0 Å². The van der Waals surface area contributed by atoms with Crippen LogP contribution in [0.3, 0.4) is 0 Å². The van der Waals surface area contributed by atoms with E-state index in [0.717, 1.165) is 11.8 Å². The van der Waals surface area contributed by atoms with E-state index in [4.69, 9.17) is 5.73 Å². The molecule has 2 fully saturated rings. The standard InChI is InChI=1S/C9H17NS/c1-6-3-9(7(6)2)5-11-4-8(9)10/h6-8H,3-5,10H2,1-2H3/t6-,7?,8?,9?/m1/s1. The van der Waals surface area contributed by atoms with Crippen LogP contribution >= 0.6 is 11.8 Å². The van der Waals surface area contributed by atoms with Gasteiger partial charge in [-0.2, -0.15) is 11.8 Å². The Kier molecular flexibility index (Phi) is 1.73. The van der Waals surface area contributed by atoms with E-state index >= 15 is 0 Å². The lowest BCUT2D eigenvalue weighted by Crippen LogP contribution is -2.55. The molecule has 1 saturated heterocycles. The Balaban J connectivity index is 2.12. The van der Waals surface area contributed by atoms with E-state index in [0.29, 0.717) is 11.5 Å². The van der Waals surface area contributed by atoms with Crippen LogP contribution in [0.25, 0.3) is 0 Å². The molecule has 0 bridgehead atoms. The molecule has 0 aromatic carbocycles. The minimum atomic E-state index is 0.485. The van der Waals surface area contributed by atoms with Gasteiger partial charge in [-0.1, -0.05) is 13.8 Å². The van der Waals surface area contributed by atoms with Crippen LogP contribution in [0.5, 0.6) is 0 Å². The molecule has 1 heterocycles. The lowest BCUT2D eigenvalue weighted by molar-refractivity contribution is -0.01000. The predicted molar refractivity (Wildman–Crippen MR) is 50.7 cm³/mol. The smallest absolute Gasteiger partial charge is 0.0198 e. The zero-order valence-corrected chi connectivity index (χ0v) is 8.16. The van der Waals surface area contributed by atoms with Crippen molar-refractivity contribution in [2.24, 2.45) is 23.0 Å². The van der Waals surface area contributed by atoms with E-state index in [1.54, 1.807) is 0 Å². The molecule has 1 aliphatic carbocycles. The first kappa shape index (κ1) is 7.93. The first-order valence-corrected chi connectivity index (χ1v) is 5.65. The van der Waals surface area contributed by atoms with Crippen molar-refractivity contribution in [3.8, 4) is 0 Å². The summed E-state index contributed by atoms with van der Waals surface area (Å²) in [5.74, 6) is 4.30. The van der Waals surface area contributed by atoms with Crippen molar-refractivity contribution < 1.29 is 0 Å². The Morgan fingerprint density at radius 2 is 2.18 bits per heavy atom. The van der Waals surface area contributed by atoms with Gasteiger partial charge < -0.3 is 5.73 Å². The van der Waals surface area contributed by atoms with Gasteiger partial charge in [-0.05, 0) is 23.7 Å². The summed E-state index contributed by atoms with van der Waals surface area (Å²) >= 11 is 2.05. The van der Waals surface area contributed by atoms with Gasteiger partial charge in [-0.15, -0.1) is 0 Å². The monoisotopic (exact) mass is 171 g/mol. The highest BCUT2D eigenvalue weighted by Gasteiger charge is 2.54. The molecule has 2 N–H and O–H groups in total. The Bertz CT molecular complexity index is 171. The third-order valence-electron chi connectivity index (χ3n) is 3.87. The summed E-state index contributed by atoms with van der Waals surface area (Å²) in [4.78, 5) is 0. The van der Waals surface area contributed by atoms with Crippen molar-refractivity contribution in [1.29, 1.82) is 0 Å². The maximum atomic E-state index is 6.11. The molecule has 11 heavy (non-hydrogen) atoms. The zero-order valence-electron chi connectivity index (χ0n) is 7.34. The predicted octanol–water partition coefficient (Wildman–Crippen LogP) is 1.72. The van der Waals surface area contributed by atoms with E-state index in [1.807, 2.05) is 11.8 Å². The van der Waals surface area contributed by atoms with E-state index in [-0.39, 0.29) is 0 Å². The van der Waals surface area contributed by atoms with Crippen LogP contribution in [-0.2, 0) is 0 Å². The molecular weight excluding hydrogens is 154 g/mol. The third-order valence-corrected chi connectivity index (χ3v) is 5.21. The Labute approximate surface area is 73.1 Å². The highest BCUT2D eigenvalue weighted by Crippen LogP contribution is 2.57. The fourth-order valence-electron chi connectivity index (χ4n) is 2.70. The van der Waals surface area contributed by atoms with Crippen LogP contribution < -0.4 is 5.73 Å². The van der Waals surface area contributed by atoms with Crippen LogP contribution in [0.4, 0.5) is 0 Å². The summed E-state index contributed by atoms with van der Waals surface area (Å²) in [6.07, 6.45) is 1.38. The fourth-order valence-corrected chi connectivity index (χ4v) is 4.38. The van der Waals surface area contributed by atoms with E-state index in [9.17, 15) is 0 Å². The molecule has 4 atom stereocenters. The van der Waals surface area contributed by atoms with Gasteiger partial charge in [0.15, 0.2) is 0 Å². The van der Waals surface area contributed by atoms with Crippen molar-refractivity contribution in [2.45, 2.75) is 26.3 Å². The summed E-state index contributed by atoms with van der Waals surface area (Å²) in [5, 5.41) is 0. The number of nitrogens with two attached hydrogens (primary N) is 1. The summed E-state index contributed by atoms with van der Waals surface area (Å²) in [5.41, 5.74) is 6.65. The van der Waals surface area contributed by atoms with Gasteiger partial charge in [0.25, 0.3) is 0 Å². The average Bonchev–Trinajstić information content (AvgIpc) is 2.35. The van der Waals surface area contributed by atoms with Gasteiger partial charge in [0.2, 0.25) is 0 Å². The summed E-state index contributed by atoms with van der Waals surface area (Å²) < 4.78 is 0. The Morgan fingerprint density at radius 1 is 1.45 bits per heavy atom. The van der Waals surface area contributed by atoms with Crippen molar-refractivity contribution >= 4 is 11.8 Å². The van der Waals surface area contributed by atoms with Gasteiger partial charge in [-0.3, -0.25) is 0 Å². The third kappa shape index (κ3) is 0.888. The van der Waals surface area contributed by atoms with Gasteiger partial charge >= 0.3 is 0 Å². The second-order valence-electron chi connectivity index (χ2n) is 4.32. The molecule has 1 spiro atoms. The minimum Gasteiger partial charge on any atom is -0.326 e. The number of thioether (sulfide) groups is 1. The largest absolute Gasteiger partial charge is 0.326 e. The van der Waals surface area contributed by atoms with Crippen molar-refractivity contribution in [2.75, 3.05) is 11.5 Å². The zero-order chi connectivity index (χ0) is 8.06. The highest BCUT2D eigenvalue weighted by molar-refractivity contribution is 7.99. The molecule has 0 amide bonds. The Morgan fingerprint density at radius 3 is 2.55 bits per heavy atom. The normalized spacial score (nSPS) is 56.5. The Hall–Kier alpha value is 0.310. The molecule has 3 unspecified atom stereocenters. The number of hydrogen-bond acceptors (Lipinski definition) is 2. The molecule has 2 heteroatoms. The molecule has 1 saturated carbocycles. The van der Waals surface area contributed by atoms with Crippen molar-refractivity contribution in [1.82, 2.24) is 0 Å². The molecule has 0 aromatic rings. The van der Waals surface area contributed by atoms with Gasteiger partial charge in [0.1, 0.15) is 0 Å². The molecule has 1 nitrogen and oxygen atoms in total. The summed E-state index contributed by atoms with van der Waals surface area (Å²) in [6, 6.07) is 0.485. The lowest BCUT2D eigenvalue weighted by atomic mass is 9.53. The van der Waals surface area contributed by atoms with Crippen molar-refractivity contribution in [3.05, 3.63) is 0 Å². The van der Waals surface area contributed by atoms with Crippen molar-refractivity contribution in [3.63, 3.8) is 0 Å². The van der Waals surface area contributed by atoms with Gasteiger partial charge in [0.05, 0.1) is 0 Å². The first-order valence-electron chi connectivity index (χ1n) is 4.50. The molecular formula is C9H17NS. The first-order chi connectivity index (χ1) is 5.17. The number of hydrogen-bond donors (Lipinski definition) is 1. The summed E-state index contributed by atoms with van der Waals surface area (Å²) in [6.45, 7) is 4.73. The topological polar surface area (TPSA) is 26.0 Å². The molecule has 1 aliphatic heterocycles. The highest BCUT2D eigenvalue weighted by atomic mass is 32.2. The van der Waals surface area contributed by atoms with Crippen LogP contribution in [0, 0.1) is 17.3 Å². The van der Waals surface area contributed by atoms with E-state index in [1.165, 1.54) is 17.9 Å². The van der Waals surface area contributed by atoms with Gasteiger partial charge in [0, 0.05) is 17.5 Å².